The second-order valence-electron chi connectivity index (χ2n) is 7.57. The lowest BCUT2D eigenvalue weighted by Gasteiger charge is -2.50. The van der Waals surface area contributed by atoms with Crippen LogP contribution in [0.5, 0.6) is 0 Å². The first-order valence-electron chi connectivity index (χ1n) is 8.56. The van der Waals surface area contributed by atoms with Crippen LogP contribution in [0, 0.1) is 19.8 Å². The van der Waals surface area contributed by atoms with Gasteiger partial charge in [-0.05, 0) is 64.4 Å². The van der Waals surface area contributed by atoms with Crippen LogP contribution in [0.4, 0.5) is 0 Å². The first-order valence-corrected chi connectivity index (χ1v) is 8.56. The van der Waals surface area contributed by atoms with Crippen molar-refractivity contribution in [2.75, 3.05) is 40.3 Å². The zero-order chi connectivity index (χ0) is 15.7. The van der Waals surface area contributed by atoms with Crippen molar-refractivity contribution in [2.24, 2.45) is 5.92 Å². The molecule has 0 aliphatic carbocycles. The summed E-state index contributed by atoms with van der Waals surface area (Å²) in [5.41, 5.74) is 4.39. The Morgan fingerprint density at radius 3 is 2.77 bits per heavy atom. The van der Waals surface area contributed by atoms with Gasteiger partial charge in [-0.3, -0.25) is 4.90 Å². The number of nitrogens with zero attached hydrogens (tertiary/aromatic N) is 2. The standard InChI is InChI=1S/C19H30N2O/c1-15-5-6-16(2)17(11-15)12-21-13-19(14-21)18(8-10-22-19)7-9-20(3)4/h5-6,11,18H,7-10,12-14H2,1-4H3/t18-/m0/s1. The smallest absolute Gasteiger partial charge is 0.0964 e. The van der Waals surface area contributed by atoms with Crippen molar-refractivity contribution in [3.63, 3.8) is 0 Å². The lowest BCUT2D eigenvalue weighted by Crippen LogP contribution is -2.64. The molecular formula is C19H30N2O. The van der Waals surface area contributed by atoms with E-state index in [-0.39, 0.29) is 5.60 Å². The van der Waals surface area contributed by atoms with Crippen molar-refractivity contribution in [1.82, 2.24) is 9.80 Å². The number of hydrogen-bond acceptors (Lipinski definition) is 3. The van der Waals surface area contributed by atoms with Crippen molar-refractivity contribution >= 4 is 0 Å². The van der Waals surface area contributed by atoms with Crippen LogP contribution in [0.15, 0.2) is 18.2 Å². The fourth-order valence-corrected chi connectivity index (χ4v) is 3.99. The van der Waals surface area contributed by atoms with Crippen molar-refractivity contribution in [1.29, 1.82) is 0 Å². The third-order valence-corrected chi connectivity index (χ3v) is 5.41. The molecule has 1 spiro atoms. The molecule has 0 N–H and O–H groups in total. The van der Waals surface area contributed by atoms with Gasteiger partial charge in [-0.25, -0.2) is 0 Å². The van der Waals surface area contributed by atoms with Gasteiger partial charge in [0.25, 0.3) is 0 Å². The van der Waals surface area contributed by atoms with Gasteiger partial charge in [-0.15, -0.1) is 0 Å². The predicted octanol–water partition coefficient (Wildman–Crippen LogP) is 2.85. The highest BCUT2D eigenvalue weighted by atomic mass is 16.5. The maximum absolute atomic E-state index is 6.18. The van der Waals surface area contributed by atoms with Crippen molar-refractivity contribution in [3.8, 4) is 0 Å². The number of rotatable bonds is 5. The summed E-state index contributed by atoms with van der Waals surface area (Å²) in [6.07, 6.45) is 2.51. The molecule has 1 aromatic carbocycles. The molecule has 22 heavy (non-hydrogen) atoms. The largest absolute Gasteiger partial charge is 0.372 e. The summed E-state index contributed by atoms with van der Waals surface area (Å²) < 4.78 is 6.18. The number of aryl methyl sites for hydroxylation is 2. The Hall–Kier alpha value is -0.900. The van der Waals surface area contributed by atoms with Crippen LogP contribution >= 0.6 is 0 Å². The van der Waals surface area contributed by atoms with E-state index in [1.165, 1.54) is 36.1 Å². The van der Waals surface area contributed by atoms with Crippen LogP contribution in [0.25, 0.3) is 0 Å². The minimum Gasteiger partial charge on any atom is -0.372 e. The molecule has 0 unspecified atom stereocenters. The highest BCUT2D eigenvalue weighted by Gasteiger charge is 2.52. The molecule has 0 amide bonds. The molecule has 2 aliphatic heterocycles. The predicted molar refractivity (Wildman–Crippen MR) is 91.2 cm³/mol. The molecule has 2 heterocycles. The Kier molecular flexibility index (Phi) is 4.58. The normalized spacial score (nSPS) is 24.1. The summed E-state index contributed by atoms with van der Waals surface area (Å²) in [5.74, 6) is 0.741. The molecule has 0 saturated carbocycles. The molecule has 0 bridgehead atoms. The van der Waals surface area contributed by atoms with Gasteiger partial charge in [0.2, 0.25) is 0 Å². The molecule has 0 radical (unpaired) electrons. The van der Waals surface area contributed by atoms with E-state index in [1.54, 1.807) is 0 Å². The summed E-state index contributed by atoms with van der Waals surface area (Å²) in [6.45, 7) is 9.81. The Balaban J connectivity index is 1.57. The molecule has 3 nitrogen and oxygen atoms in total. The first-order chi connectivity index (χ1) is 10.5. The quantitative estimate of drug-likeness (QED) is 0.832. The van der Waals surface area contributed by atoms with Crippen LogP contribution in [-0.4, -0.2) is 55.7 Å². The van der Waals surface area contributed by atoms with Gasteiger partial charge in [-0.1, -0.05) is 23.8 Å². The summed E-state index contributed by atoms with van der Waals surface area (Å²) in [7, 11) is 4.33. The van der Waals surface area contributed by atoms with Gasteiger partial charge >= 0.3 is 0 Å². The van der Waals surface area contributed by atoms with E-state index in [1.807, 2.05) is 0 Å². The molecule has 122 valence electrons. The number of hydrogen-bond donors (Lipinski definition) is 0. The Labute approximate surface area is 135 Å². The number of ether oxygens (including phenoxy) is 1. The highest BCUT2D eigenvalue weighted by molar-refractivity contribution is 5.30. The van der Waals surface area contributed by atoms with Crippen LogP contribution in [-0.2, 0) is 11.3 Å². The average Bonchev–Trinajstić information content (AvgIpc) is 2.84. The van der Waals surface area contributed by atoms with Gasteiger partial charge in [0.05, 0.1) is 5.60 Å². The van der Waals surface area contributed by atoms with E-state index in [2.05, 4.69) is 55.9 Å². The Bertz CT molecular complexity index is 520. The van der Waals surface area contributed by atoms with Crippen molar-refractivity contribution < 1.29 is 4.74 Å². The van der Waals surface area contributed by atoms with E-state index in [0.717, 1.165) is 32.2 Å². The summed E-state index contributed by atoms with van der Waals surface area (Å²) in [5, 5.41) is 0. The fraction of sp³-hybridized carbons (Fsp3) is 0.684. The van der Waals surface area contributed by atoms with E-state index in [0.29, 0.717) is 0 Å². The van der Waals surface area contributed by atoms with Crippen LogP contribution in [0.3, 0.4) is 0 Å². The maximum atomic E-state index is 6.18. The third kappa shape index (κ3) is 3.22. The molecule has 2 saturated heterocycles. The minimum absolute atomic E-state index is 0.160. The molecule has 2 fully saturated rings. The second kappa shape index (κ2) is 6.31. The Morgan fingerprint density at radius 1 is 1.27 bits per heavy atom. The van der Waals surface area contributed by atoms with Gasteiger partial charge in [0.15, 0.2) is 0 Å². The van der Waals surface area contributed by atoms with Gasteiger partial charge in [0, 0.05) is 26.2 Å². The van der Waals surface area contributed by atoms with E-state index in [9.17, 15) is 0 Å². The molecule has 3 rings (SSSR count). The van der Waals surface area contributed by atoms with E-state index >= 15 is 0 Å². The lowest BCUT2D eigenvalue weighted by molar-refractivity contribution is -0.137. The van der Waals surface area contributed by atoms with Crippen molar-refractivity contribution in [2.45, 2.75) is 38.8 Å². The minimum atomic E-state index is 0.160. The van der Waals surface area contributed by atoms with Gasteiger partial charge in [0.1, 0.15) is 0 Å². The lowest BCUT2D eigenvalue weighted by atomic mass is 9.78. The monoisotopic (exact) mass is 302 g/mol. The molecular weight excluding hydrogens is 272 g/mol. The molecule has 2 aliphatic rings. The van der Waals surface area contributed by atoms with Crippen LogP contribution in [0.2, 0.25) is 0 Å². The van der Waals surface area contributed by atoms with E-state index in [4.69, 9.17) is 4.74 Å². The summed E-state index contributed by atoms with van der Waals surface area (Å²) in [4.78, 5) is 4.84. The number of benzene rings is 1. The van der Waals surface area contributed by atoms with Gasteiger partial charge in [-0.2, -0.15) is 0 Å². The Morgan fingerprint density at radius 2 is 2.05 bits per heavy atom. The zero-order valence-corrected chi connectivity index (χ0v) is 14.6. The summed E-state index contributed by atoms with van der Waals surface area (Å²) >= 11 is 0. The first kappa shape index (κ1) is 16.0. The van der Waals surface area contributed by atoms with Crippen LogP contribution in [0.1, 0.15) is 29.5 Å². The second-order valence-corrected chi connectivity index (χ2v) is 7.57. The molecule has 0 aromatic heterocycles. The highest BCUT2D eigenvalue weighted by Crippen LogP contribution is 2.42. The van der Waals surface area contributed by atoms with Crippen molar-refractivity contribution in [3.05, 3.63) is 34.9 Å². The molecule has 1 atom stereocenters. The van der Waals surface area contributed by atoms with Gasteiger partial charge < -0.3 is 9.64 Å². The third-order valence-electron chi connectivity index (χ3n) is 5.41. The average molecular weight is 302 g/mol. The zero-order valence-electron chi connectivity index (χ0n) is 14.6. The van der Waals surface area contributed by atoms with Crippen LogP contribution < -0.4 is 0 Å². The van der Waals surface area contributed by atoms with E-state index < -0.39 is 0 Å². The number of likely N-dealkylation sites (tertiary alicyclic amines) is 1. The maximum Gasteiger partial charge on any atom is 0.0964 e. The topological polar surface area (TPSA) is 15.7 Å². The molecule has 3 heteroatoms. The molecule has 1 aromatic rings. The SMILES string of the molecule is Cc1ccc(C)c(CN2CC3(C2)OCC[C@@H]3CCN(C)C)c1. The summed E-state index contributed by atoms with van der Waals surface area (Å²) in [6, 6.07) is 6.78. The fourth-order valence-electron chi connectivity index (χ4n) is 3.99.